The summed E-state index contributed by atoms with van der Waals surface area (Å²) in [5.41, 5.74) is 1.14. The molecule has 1 N–H and O–H groups in total. The van der Waals surface area contributed by atoms with E-state index in [0.29, 0.717) is 12.2 Å². The highest BCUT2D eigenvalue weighted by Gasteiger charge is 2.33. The fraction of sp³-hybridized carbons (Fsp3) is 0.588. The van der Waals surface area contributed by atoms with Crippen molar-refractivity contribution in [3.8, 4) is 0 Å². The molecule has 140 valence electrons. The van der Waals surface area contributed by atoms with Gasteiger partial charge in [-0.1, -0.05) is 5.21 Å². The number of carbonyl (C=O) groups is 1. The number of aromatic nitrogens is 5. The zero-order valence-electron chi connectivity index (χ0n) is 15.6. The quantitative estimate of drug-likeness (QED) is 0.821. The smallest absolute Gasteiger partial charge is 0.273 e. The Morgan fingerprint density at radius 3 is 2.88 bits per heavy atom. The Balaban J connectivity index is 1.68. The monoisotopic (exact) mass is 359 g/mol. The van der Waals surface area contributed by atoms with Gasteiger partial charge in [0.05, 0.1) is 17.8 Å². The maximum absolute atomic E-state index is 12.6. The normalized spacial score (nSPS) is 20.0. The first-order valence-electron chi connectivity index (χ1n) is 8.76. The summed E-state index contributed by atoms with van der Waals surface area (Å²) in [5.74, 6) is 0.624. The molecular weight excluding hydrogens is 334 g/mol. The number of amides is 1. The standard InChI is InChI=1S/C17H25N7O2/c1-11(2)24-12(3)16(21-22-24)17(25)19-8-13-7-14(26-4)9-23(13)15-5-6-18-10-20-15/h5-6,10-11,13-14H,7-9H2,1-4H3,(H,19,25)/t13-,14-/m1/s1. The topological polar surface area (TPSA) is 98.1 Å². The Morgan fingerprint density at radius 2 is 2.27 bits per heavy atom. The van der Waals surface area contributed by atoms with Gasteiger partial charge in [0.25, 0.3) is 5.91 Å². The van der Waals surface area contributed by atoms with Gasteiger partial charge in [-0.05, 0) is 33.3 Å². The SMILES string of the molecule is CO[C@@H]1C[C@H](CNC(=O)c2nnn(C(C)C)c2C)N(c2ccncn2)C1. The first-order valence-corrected chi connectivity index (χ1v) is 8.76. The van der Waals surface area contributed by atoms with Gasteiger partial charge in [-0.25, -0.2) is 14.6 Å². The molecule has 3 rings (SSSR count). The second kappa shape index (κ2) is 7.77. The predicted molar refractivity (Wildman–Crippen MR) is 96.1 cm³/mol. The summed E-state index contributed by atoms with van der Waals surface area (Å²) in [6.07, 6.45) is 4.17. The van der Waals surface area contributed by atoms with Gasteiger partial charge in [-0.15, -0.1) is 5.10 Å². The lowest BCUT2D eigenvalue weighted by Crippen LogP contribution is -2.40. The Kier molecular flexibility index (Phi) is 5.46. The van der Waals surface area contributed by atoms with Crippen LogP contribution in [0.5, 0.6) is 0 Å². The maximum Gasteiger partial charge on any atom is 0.273 e. The van der Waals surface area contributed by atoms with Crippen molar-refractivity contribution in [1.29, 1.82) is 0 Å². The van der Waals surface area contributed by atoms with Crippen LogP contribution in [0.3, 0.4) is 0 Å². The molecule has 0 bridgehead atoms. The van der Waals surface area contributed by atoms with Crippen LogP contribution < -0.4 is 10.2 Å². The van der Waals surface area contributed by atoms with Crippen molar-refractivity contribution >= 4 is 11.7 Å². The number of nitrogens with one attached hydrogen (secondary N) is 1. The van der Waals surface area contributed by atoms with E-state index in [1.165, 1.54) is 6.33 Å². The van der Waals surface area contributed by atoms with Crippen molar-refractivity contribution in [3.05, 3.63) is 30.0 Å². The molecule has 0 spiro atoms. The molecule has 2 aromatic rings. The molecule has 0 unspecified atom stereocenters. The fourth-order valence-electron chi connectivity index (χ4n) is 3.31. The average Bonchev–Trinajstić information content (AvgIpc) is 3.24. The number of hydrogen-bond donors (Lipinski definition) is 1. The number of anilines is 1. The molecule has 2 atom stereocenters. The van der Waals surface area contributed by atoms with Crippen molar-refractivity contribution in [2.45, 2.75) is 45.4 Å². The molecule has 9 nitrogen and oxygen atoms in total. The summed E-state index contributed by atoms with van der Waals surface area (Å²) in [5, 5.41) is 11.1. The van der Waals surface area contributed by atoms with Crippen LogP contribution in [0.2, 0.25) is 0 Å². The largest absolute Gasteiger partial charge is 0.380 e. The minimum Gasteiger partial charge on any atom is -0.380 e. The summed E-state index contributed by atoms with van der Waals surface area (Å²) in [6, 6.07) is 2.12. The molecule has 1 amide bonds. The first kappa shape index (κ1) is 18.2. The van der Waals surface area contributed by atoms with Gasteiger partial charge < -0.3 is 15.0 Å². The molecule has 0 aliphatic carbocycles. The highest BCUT2D eigenvalue weighted by Crippen LogP contribution is 2.24. The lowest BCUT2D eigenvalue weighted by atomic mass is 10.2. The van der Waals surface area contributed by atoms with Crippen LogP contribution in [0.1, 0.15) is 42.5 Å². The minimum atomic E-state index is -0.210. The van der Waals surface area contributed by atoms with Crippen molar-refractivity contribution in [1.82, 2.24) is 30.3 Å². The molecular formula is C17H25N7O2. The zero-order valence-corrected chi connectivity index (χ0v) is 15.6. The van der Waals surface area contributed by atoms with E-state index in [4.69, 9.17) is 4.74 Å². The van der Waals surface area contributed by atoms with Gasteiger partial charge in [-0.2, -0.15) is 0 Å². The van der Waals surface area contributed by atoms with E-state index in [9.17, 15) is 4.79 Å². The van der Waals surface area contributed by atoms with Crippen LogP contribution in [0, 0.1) is 6.92 Å². The number of methoxy groups -OCH3 is 1. The number of hydrogen-bond acceptors (Lipinski definition) is 7. The second-order valence-corrected chi connectivity index (χ2v) is 6.74. The van der Waals surface area contributed by atoms with E-state index in [2.05, 4.69) is 30.5 Å². The van der Waals surface area contributed by atoms with Crippen molar-refractivity contribution in [2.75, 3.05) is 25.1 Å². The van der Waals surface area contributed by atoms with E-state index in [0.717, 1.165) is 24.5 Å². The molecule has 0 aromatic carbocycles. The lowest BCUT2D eigenvalue weighted by Gasteiger charge is -2.25. The molecule has 3 heterocycles. The molecule has 1 aliphatic heterocycles. The second-order valence-electron chi connectivity index (χ2n) is 6.74. The molecule has 9 heteroatoms. The summed E-state index contributed by atoms with van der Waals surface area (Å²) in [7, 11) is 1.71. The van der Waals surface area contributed by atoms with E-state index in [1.54, 1.807) is 18.0 Å². The molecule has 26 heavy (non-hydrogen) atoms. The van der Waals surface area contributed by atoms with E-state index >= 15 is 0 Å². The van der Waals surface area contributed by atoms with Crippen LogP contribution >= 0.6 is 0 Å². The van der Waals surface area contributed by atoms with Crippen molar-refractivity contribution in [3.63, 3.8) is 0 Å². The molecule has 1 fully saturated rings. The van der Waals surface area contributed by atoms with Gasteiger partial charge >= 0.3 is 0 Å². The minimum absolute atomic E-state index is 0.0965. The summed E-state index contributed by atoms with van der Waals surface area (Å²) in [4.78, 5) is 23.0. The van der Waals surface area contributed by atoms with Gasteiger partial charge in [0, 0.05) is 32.4 Å². The Hall–Kier alpha value is -2.55. The summed E-state index contributed by atoms with van der Waals surface area (Å²) < 4.78 is 7.26. The van der Waals surface area contributed by atoms with E-state index in [1.807, 2.05) is 26.8 Å². The number of nitrogens with zero attached hydrogens (tertiary/aromatic N) is 6. The van der Waals surface area contributed by atoms with Crippen LogP contribution in [-0.2, 0) is 4.74 Å². The first-order chi connectivity index (χ1) is 12.5. The third-order valence-electron chi connectivity index (χ3n) is 4.70. The third kappa shape index (κ3) is 3.67. The van der Waals surface area contributed by atoms with Gasteiger partial charge in [0.1, 0.15) is 12.1 Å². The maximum atomic E-state index is 12.6. The van der Waals surface area contributed by atoms with E-state index < -0.39 is 0 Å². The molecule has 1 aliphatic rings. The number of carbonyl (C=O) groups excluding carboxylic acids is 1. The highest BCUT2D eigenvalue weighted by molar-refractivity contribution is 5.93. The zero-order chi connectivity index (χ0) is 18.7. The Labute approximate surface area is 152 Å². The molecule has 1 saturated heterocycles. The average molecular weight is 359 g/mol. The molecule has 2 aromatic heterocycles. The van der Waals surface area contributed by atoms with Crippen LogP contribution in [0.4, 0.5) is 5.82 Å². The fourth-order valence-corrected chi connectivity index (χ4v) is 3.31. The highest BCUT2D eigenvalue weighted by atomic mass is 16.5. The lowest BCUT2D eigenvalue weighted by molar-refractivity contribution is 0.0940. The predicted octanol–water partition coefficient (Wildman–Crippen LogP) is 0.981. The Bertz CT molecular complexity index is 747. The van der Waals surface area contributed by atoms with E-state index in [-0.39, 0.29) is 24.1 Å². The van der Waals surface area contributed by atoms with Gasteiger partial charge in [0.15, 0.2) is 5.69 Å². The van der Waals surface area contributed by atoms with Gasteiger partial charge in [0.2, 0.25) is 0 Å². The van der Waals surface area contributed by atoms with Crippen molar-refractivity contribution < 1.29 is 9.53 Å². The Morgan fingerprint density at radius 1 is 1.46 bits per heavy atom. The molecule has 0 saturated carbocycles. The van der Waals surface area contributed by atoms with Crippen LogP contribution in [-0.4, -0.2) is 63.2 Å². The van der Waals surface area contributed by atoms with Gasteiger partial charge in [-0.3, -0.25) is 4.79 Å². The third-order valence-corrected chi connectivity index (χ3v) is 4.70. The summed E-state index contributed by atoms with van der Waals surface area (Å²) >= 11 is 0. The number of rotatable bonds is 6. The van der Waals surface area contributed by atoms with Crippen LogP contribution in [0.25, 0.3) is 0 Å². The summed E-state index contributed by atoms with van der Waals surface area (Å²) in [6.45, 7) is 7.09. The number of ether oxygens (including phenoxy) is 1. The van der Waals surface area contributed by atoms with Crippen LogP contribution in [0.15, 0.2) is 18.6 Å². The van der Waals surface area contributed by atoms with Crippen molar-refractivity contribution in [2.24, 2.45) is 0 Å². The molecule has 0 radical (unpaired) electrons.